The van der Waals surface area contributed by atoms with Gasteiger partial charge >= 0.3 is 0 Å². The van der Waals surface area contributed by atoms with E-state index in [2.05, 4.69) is 16.9 Å². The summed E-state index contributed by atoms with van der Waals surface area (Å²) in [7, 11) is 0. The van der Waals surface area contributed by atoms with E-state index in [-0.39, 0.29) is 11.5 Å². The summed E-state index contributed by atoms with van der Waals surface area (Å²) < 4.78 is 1.36. The van der Waals surface area contributed by atoms with Gasteiger partial charge < -0.3 is 5.32 Å². The number of carbonyl (C=O) groups excluding carboxylic acids is 1. The first kappa shape index (κ1) is 14.3. The minimum atomic E-state index is -0.314. The average molecular weight is 314 g/mol. The second-order valence-electron chi connectivity index (χ2n) is 4.69. The molecule has 0 unspecified atom stereocenters. The zero-order chi connectivity index (χ0) is 15.7. The van der Waals surface area contributed by atoms with Crippen LogP contribution in [0.3, 0.4) is 0 Å². The van der Waals surface area contributed by atoms with Gasteiger partial charge in [0.1, 0.15) is 0 Å². The Balaban J connectivity index is 2.31. The second kappa shape index (κ2) is 5.61. The van der Waals surface area contributed by atoms with E-state index in [1.807, 2.05) is 0 Å². The van der Waals surface area contributed by atoms with Gasteiger partial charge in [0.2, 0.25) is 0 Å². The summed E-state index contributed by atoms with van der Waals surface area (Å²) >= 11 is 5.95. The molecule has 22 heavy (non-hydrogen) atoms. The molecule has 6 heteroatoms. The number of hydrogen-bond acceptors (Lipinski definition) is 3. The Morgan fingerprint density at radius 2 is 2.23 bits per heavy atom. The van der Waals surface area contributed by atoms with Crippen molar-refractivity contribution in [3.8, 4) is 0 Å². The highest BCUT2D eigenvalue weighted by molar-refractivity contribution is 6.31. The first-order chi connectivity index (χ1) is 10.6. The Hall–Kier alpha value is -2.66. The van der Waals surface area contributed by atoms with Crippen molar-refractivity contribution in [1.82, 2.24) is 14.7 Å². The molecule has 0 spiro atoms. The molecule has 0 saturated heterocycles. The van der Waals surface area contributed by atoms with Gasteiger partial charge in [0, 0.05) is 17.8 Å². The number of fused-ring (bicyclic) bond motifs is 2. The summed E-state index contributed by atoms with van der Waals surface area (Å²) in [5.41, 5.74) is 0.837. The molecule has 3 aromatic rings. The molecular weight excluding hydrogens is 302 g/mol. The van der Waals surface area contributed by atoms with Gasteiger partial charge in [-0.15, -0.1) is 6.58 Å². The highest BCUT2D eigenvalue weighted by Crippen LogP contribution is 2.17. The average Bonchev–Trinajstić information content (AvgIpc) is 2.52. The number of carbonyl (C=O) groups is 1. The van der Waals surface area contributed by atoms with E-state index in [1.165, 1.54) is 4.40 Å². The zero-order valence-electron chi connectivity index (χ0n) is 11.5. The lowest BCUT2D eigenvalue weighted by Crippen LogP contribution is -2.25. The van der Waals surface area contributed by atoms with Crippen LogP contribution in [0.1, 0.15) is 10.4 Å². The van der Waals surface area contributed by atoms with Crippen LogP contribution in [0, 0.1) is 0 Å². The van der Waals surface area contributed by atoms with Gasteiger partial charge in [-0.1, -0.05) is 17.7 Å². The molecule has 0 bridgehead atoms. The van der Waals surface area contributed by atoms with Crippen LogP contribution in [0.2, 0.25) is 5.02 Å². The molecule has 0 atom stereocenters. The van der Waals surface area contributed by atoms with Gasteiger partial charge in [-0.2, -0.15) is 0 Å². The number of hydrogen-bond donors (Lipinski definition) is 1. The van der Waals surface area contributed by atoms with Crippen LogP contribution in [-0.2, 0) is 0 Å². The second-order valence-corrected chi connectivity index (χ2v) is 5.13. The summed E-state index contributed by atoms with van der Waals surface area (Å²) in [5, 5.41) is 3.61. The van der Waals surface area contributed by atoms with Crippen LogP contribution in [-0.4, -0.2) is 21.8 Å². The largest absolute Gasteiger partial charge is 0.348 e. The van der Waals surface area contributed by atoms with E-state index in [9.17, 15) is 9.59 Å². The molecule has 0 aliphatic rings. The number of nitrogens with zero attached hydrogens (tertiary/aromatic N) is 2. The summed E-state index contributed by atoms with van der Waals surface area (Å²) in [6.45, 7) is 3.89. The van der Waals surface area contributed by atoms with Crippen molar-refractivity contribution in [2.75, 3.05) is 6.54 Å². The number of aromatic nitrogens is 2. The number of rotatable bonds is 3. The van der Waals surface area contributed by atoms with Crippen molar-refractivity contribution in [1.29, 1.82) is 0 Å². The maximum atomic E-state index is 12.5. The van der Waals surface area contributed by atoms with Crippen molar-refractivity contribution in [3.05, 3.63) is 70.1 Å². The van der Waals surface area contributed by atoms with Gasteiger partial charge in [-0.25, -0.2) is 4.98 Å². The molecular formula is C16H12ClN3O2. The molecule has 1 N–H and O–H groups in total. The summed E-state index contributed by atoms with van der Waals surface area (Å²) in [6, 6.07) is 8.14. The normalized spacial score (nSPS) is 10.8. The van der Waals surface area contributed by atoms with Crippen molar-refractivity contribution in [2.24, 2.45) is 0 Å². The Morgan fingerprint density at radius 1 is 1.41 bits per heavy atom. The van der Waals surface area contributed by atoms with Crippen LogP contribution in [0.25, 0.3) is 16.6 Å². The number of nitrogens with one attached hydrogen (secondary N) is 1. The smallest absolute Gasteiger partial charge is 0.265 e. The standard InChI is InChI=1S/C16H12ClN3O2/c1-2-7-18-15(21)12-4-3-8-20-14(12)19-13-9-10(17)5-6-11(13)16(20)22/h2-6,8-9H,1,7H2,(H,18,21). The van der Waals surface area contributed by atoms with Gasteiger partial charge in [-0.3, -0.25) is 14.0 Å². The van der Waals surface area contributed by atoms with Crippen LogP contribution < -0.4 is 10.9 Å². The summed E-state index contributed by atoms with van der Waals surface area (Å²) in [4.78, 5) is 29.1. The van der Waals surface area contributed by atoms with Crippen molar-refractivity contribution < 1.29 is 4.79 Å². The van der Waals surface area contributed by atoms with Crippen molar-refractivity contribution >= 4 is 34.1 Å². The van der Waals surface area contributed by atoms with E-state index >= 15 is 0 Å². The Bertz CT molecular complexity index is 963. The first-order valence-corrected chi connectivity index (χ1v) is 6.99. The third kappa shape index (κ3) is 2.35. The fourth-order valence-corrected chi connectivity index (χ4v) is 2.40. The summed E-state index contributed by atoms with van der Waals surface area (Å²) in [5.74, 6) is -0.314. The number of amides is 1. The lowest BCUT2D eigenvalue weighted by atomic mass is 10.2. The minimum absolute atomic E-state index is 0.241. The number of benzene rings is 1. The number of pyridine rings is 1. The molecule has 5 nitrogen and oxygen atoms in total. The molecule has 0 saturated carbocycles. The Kier molecular flexibility index (Phi) is 3.65. The number of halogens is 1. The van der Waals surface area contributed by atoms with Gasteiger partial charge in [-0.05, 0) is 30.3 Å². The maximum Gasteiger partial charge on any atom is 0.265 e. The quantitative estimate of drug-likeness (QED) is 0.596. The SMILES string of the molecule is C=CCNC(=O)c1cccn2c(=O)c3ccc(Cl)cc3nc12. The highest BCUT2D eigenvalue weighted by Gasteiger charge is 2.13. The predicted molar refractivity (Wildman–Crippen MR) is 86.5 cm³/mol. The minimum Gasteiger partial charge on any atom is -0.348 e. The molecule has 2 aromatic heterocycles. The molecule has 1 amide bonds. The topological polar surface area (TPSA) is 63.5 Å². The molecule has 110 valence electrons. The van der Waals surface area contributed by atoms with Crippen molar-refractivity contribution in [3.63, 3.8) is 0 Å². The van der Waals surface area contributed by atoms with Crippen LogP contribution in [0.15, 0.2) is 54.0 Å². The van der Waals surface area contributed by atoms with E-state index in [4.69, 9.17) is 11.6 Å². The molecule has 0 aliphatic carbocycles. The summed E-state index contributed by atoms with van der Waals surface area (Å²) in [6.07, 6.45) is 3.17. The van der Waals surface area contributed by atoms with E-state index in [0.29, 0.717) is 33.7 Å². The molecule has 0 aliphatic heterocycles. The molecule has 0 radical (unpaired) electrons. The monoisotopic (exact) mass is 313 g/mol. The van der Waals surface area contributed by atoms with Gasteiger partial charge in [0.15, 0.2) is 5.65 Å². The van der Waals surface area contributed by atoms with E-state index in [1.54, 1.807) is 42.6 Å². The predicted octanol–water partition coefficient (Wildman–Crippen LogP) is 2.42. The molecule has 1 aromatic carbocycles. The van der Waals surface area contributed by atoms with Crippen molar-refractivity contribution in [2.45, 2.75) is 0 Å². The Morgan fingerprint density at radius 3 is 3.00 bits per heavy atom. The Labute approximate surface area is 130 Å². The third-order valence-corrected chi connectivity index (χ3v) is 3.49. The third-order valence-electron chi connectivity index (χ3n) is 3.25. The first-order valence-electron chi connectivity index (χ1n) is 6.61. The van der Waals surface area contributed by atoms with Crippen LogP contribution in [0.5, 0.6) is 0 Å². The van der Waals surface area contributed by atoms with Crippen LogP contribution >= 0.6 is 11.6 Å². The van der Waals surface area contributed by atoms with E-state index in [0.717, 1.165) is 0 Å². The van der Waals surface area contributed by atoms with E-state index < -0.39 is 0 Å². The highest BCUT2D eigenvalue weighted by atomic mass is 35.5. The molecule has 0 fully saturated rings. The zero-order valence-corrected chi connectivity index (χ0v) is 12.3. The lowest BCUT2D eigenvalue weighted by Gasteiger charge is -2.08. The van der Waals surface area contributed by atoms with Gasteiger partial charge in [0.05, 0.1) is 16.5 Å². The molecule has 2 heterocycles. The van der Waals surface area contributed by atoms with Crippen LogP contribution in [0.4, 0.5) is 0 Å². The maximum absolute atomic E-state index is 12.5. The van der Waals surface area contributed by atoms with Gasteiger partial charge in [0.25, 0.3) is 11.5 Å². The fourth-order valence-electron chi connectivity index (χ4n) is 2.24. The fraction of sp³-hybridized carbons (Fsp3) is 0.0625. The molecule has 3 rings (SSSR count). The lowest BCUT2D eigenvalue weighted by molar-refractivity contribution is 0.0959.